The molecule has 0 unspecified atom stereocenters. The summed E-state index contributed by atoms with van der Waals surface area (Å²) in [7, 11) is 0. The summed E-state index contributed by atoms with van der Waals surface area (Å²) in [5.74, 6) is 1.69. The SMILES string of the molecule is Cc1ccc(Cc2nc(CCN)n[nH]2)cc1. The smallest absolute Gasteiger partial charge is 0.151 e. The Bertz CT molecular complexity index is 444. The lowest BCUT2D eigenvalue weighted by Gasteiger charge is -1.98. The molecule has 0 fully saturated rings. The molecule has 0 bridgehead atoms. The number of aromatic nitrogens is 3. The van der Waals surface area contributed by atoms with Crippen LogP contribution in [0.3, 0.4) is 0 Å². The van der Waals surface area contributed by atoms with Gasteiger partial charge in [0.25, 0.3) is 0 Å². The van der Waals surface area contributed by atoms with Crippen molar-refractivity contribution < 1.29 is 0 Å². The lowest BCUT2D eigenvalue weighted by molar-refractivity contribution is 0.874. The Balaban J connectivity index is 2.05. The molecule has 84 valence electrons. The van der Waals surface area contributed by atoms with Gasteiger partial charge < -0.3 is 5.73 Å². The molecule has 0 amide bonds. The van der Waals surface area contributed by atoms with E-state index in [-0.39, 0.29) is 0 Å². The lowest BCUT2D eigenvalue weighted by Crippen LogP contribution is -2.04. The number of nitrogens with one attached hydrogen (secondary N) is 1. The average molecular weight is 216 g/mol. The third-order valence-electron chi connectivity index (χ3n) is 2.44. The molecule has 0 aliphatic carbocycles. The van der Waals surface area contributed by atoms with Gasteiger partial charge in [-0.3, -0.25) is 5.10 Å². The van der Waals surface area contributed by atoms with Crippen molar-refractivity contribution in [1.29, 1.82) is 0 Å². The summed E-state index contributed by atoms with van der Waals surface area (Å²) in [4.78, 5) is 4.37. The van der Waals surface area contributed by atoms with Crippen LogP contribution < -0.4 is 5.73 Å². The first-order valence-electron chi connectivity index (χ1n) is 5.43. The van der Waals surface area contributed by atoms with Gasteiger partial charge in [0.15, 0.2) is 5.82 Å². The van der Waals surface area contributed by atoms with Crippen LogP contribution in [0.1, 0.15) is 22.8 Å². The molecule has 16 heavy (non-hydrogen) atoms. The Morgan fingerprint density at radius 1 is 1.25 bits per heavy atom. The molecule has 1 aromatic carbocycles. The molecule has 3 N–H and O–H groups in total. The van der Waals surface area contributed by atoms with Gasteiger partial charge in [0.1, 0.15) is 5.82 Å². The highest BCUT2D eigenvalue weighted by atomic mass is 15.2. The van der Waals surface area contributed by atoms with E-state index in [2.05, 4.69) is 46.4 Å². The molecule has 0 atom stereocenters. The number of hydrogen-bond donors (Lipinski definition) is 2. The van der Waals surface area contributed by atoms with Crippen molar-refractivity contribution >= 4 is 0 Å². The van der Waals surface area contributed by atoms with Gasteiger partial charge in [-0.2, -0.15) is 5.10 Å². The van der Waals surface area contributed by atoms with Crippen LogP contribution in [0.5, 0.6) is 0 Å². The summed E-state index contributed by atoms with van der Waals surface area (Å²) < 4.78 is 0. The van der Waals surface area contributed by atoms with E-state index in [0.29, 0.717) is 6.54 Å². The lowest BCUT2D eigenvalue weighted by atomic mass is 10.1. The minimum Gasteiger partial charge on any atom is -0.330 e. The van der Waals surface area contributed by atoms with E-state index in [0.717, 1.165) is 24.5 Å². The molecule has 0 spiro atoms. The average Bonchev–Trinajstić information content (AvgIpc) is 2.70. The number of benzene rings is 1. The van der Waals surface area contributed by atoms with Gasteiger partial charge in [-0.1, -0.05) is 29.8 Å². The number of rotatable bonds is 4. The van der Waals surface area contributed by atoms with Crippen molar-refractivity contribution in [2.45, 2.75) is 19.8 Å². The Morgan fingerprint density at radius 3 is 2.69 bits per heavy atom. The normalized spacial score (nSPS) is 10.6. The van der Waals surface area contributed by atoms with Crippen LogP contribution in [0.4, 0.5) is 0 Å². The van der Waals surface area contributed by atoms with Crippen molar-refractivity contribution in [3.8, 4) is 0 Å². The maximum Gasteiger partial charge on any atom is 0.151 e. The molecule has 2 aromatic rings. The highest BCUT2D eigenvalue weighted by Gasteiger charge is 2.03. The molecule has 0 saturated carbocycles. The van der Waals surface area contributed by atoms with Crippen LogP contribution in [-0.2, 0) is 12.8 Å². The second kappa shape index (κ2) is 4.90. The zero-order chi connectivity index (χ0) is 11.4. The van der Waals surface area contributed by atoms with Crippen molar-refractivity contribution in [2.75, 3.05) is 6.54 Å². The third-order valence-corrected chi connectivity index (χ3v) is 2.44. The highest BCUT2D eigenvalue weighted by Crippen LogP contribution is 2.07. The fourth-order valence-electron chi connectivity index (χ4n) is 1.55. The fraction of sp³-hybridized carbons (Fsp3) is 0.333. The van der Waals surface area contributed by atoms with Gasteiger partial charge in [0, 0.05) is 12.8 Å². The number of nitrogens with zero attached hydrogens (tertiary/aromatic N) is 2. The zero-order valence-corrected chi connectivity index (χ0v) is 9.40. The second-order valence-corrected chi connectivity index (χ2v) is 3.90. The summed E-state index contributed by atoms with van der Waals surface area (Å²) in [5, 5.41) is 7.04. The molecule has 4 nitrogen and oxygen atoms in total. The van der Waals surface area contributed by atoms with E-state index in [1.165, 1.54) is 11.1 Å². The molecule has 0 aliphatic heterocycles. The fourth-order valence-corrected chi connectivity index (χ4v) is 1.55. The van der Waals surface area contributed by atoms with E-state index >= 15 is 0 Å². The predicted octanol–water partition coefficient (Wildman–Crippen LogP) is 1.21. The van der Waals surface area contributed by atoms with Gasteiger partial charge in [-0.15, -0.1) is 0 Å². The molecular formula is C12H16N4. The third kappa shape index (κ3) is 2.67. The minimum absolute atomic E-state index is 0.585. The van der Waals surface area contributed by atoms with Gasteiger partial charge in [-0.25, -0.2) is 4.98 Å². The molecule has 4 heteroatoms. The largest absolute Gasteiger partial charge is 0.330 e. The van der Waals surface area contributed by atoms with Crippen LogP contribution in [-0.4, -0.2) is 21.7 Å². The highest BCUT2D eigenvalue weighted by molar-refractivity contribution is 5.23. The molecule has 0 aliphatic rings. The topological polar surface area (TPSA) is 67.6 Å². The monoisotopic (exact) mass is 216 g/mol. The number of H-pyrrole nitrogens is 1. The number of hydrogen-bond acceptors (Lipinski definition) is 3. The Kier molecular flexibility index (Phi) is 3.31. The summed E-state index contributed by atoms with van der Waals surface area (Å²) in [6.45, 7) is 2.67. The summed E-state index contributed by atoms with van der Waals surface area (Å²) >= 11 is 0. The van der Waals surface area contributed by atoms with Crippen molar-refractivity contribution in [2.24, 2.45) is 5.73 Å². The van der Waals surface area contributed by atoms with E-state index in [9.17, 15) is 0 Å². The van der Waals surface area contributed by atoms with Crippen LogP contribution in [0, 0.1) is 6.92 Å². The van der Waals surface area contributed by atoms with Gasteiger partial charge in [0.05, 0.1) is 0 Å². The maximum absolute atomic E-state index is 5.45. The Labute approximate surface area is 94.9 Å². The Hall–Kier alpha value is -1.68. The van der Waals surface area contributed by atoms with E-state index in [4.69, 9.17) is 5.73 Å². The van der Waals surface area contributed by atoms with Gasteiger partial charge in [0.2, 0.25) is 0 Å². The van der Waals surface area contributed by atoms with E-state index in [1.807, 2.05) is 0 Å². The molecular weight excluding hydrogens is 200 g/mol. The van der Waals surface area contributed by atoms with Crippen LogP contribution >= 0.6 is 0 Å². The van der Waals surface area contributed by atoms with E-state index < -0.39 is 0 Å². The molecule has 2 rings (SSSR count). The second-order valence-electron chi connectivity index (χ2n) is 3.90. The van der Waals surface area contributed by atoms with Crippen molar-refractivity contribution in [3.05, 3.63) is 47.0 Å². The molecule has 0 saturated heterocycles. The standard InChI is InChI=1S/C12H16N4/c1-9-2-4-10(5-3-9)8-12-14-11(6-7-13)15-16-12/h2-5H,6-8,13H2,1H3,(H,14,15,16). The van der Waals surface area contributed by atoms with Gasteiger partial charge in [-0.05, 0) is 19.0 Å². The number of aryl methyl sites for hydroxylation is 1. The number of nitrogens with two attached hydrogens (primary N) is 1. The molecule has 1 heterocycles. The first-order valence-corrected chi connectivity index (χ1v) is 5.43. The minimum atomic E-state index is 0.585. The summed E-state index contributed by atoms with van der Waals surface area (Å²) in [5.41, 5.74) is 7.95. The first-order chi connectivity index (χ1) is 7.78. The van der Waals surface area contributed by atoms with Gasteiger partial charge >= 0.3 is 0 Å². The van der Waals surface area contributed by atoms with Crippen LogP contribution in [0.15, 0.2) is 24.3 Å². The number of aromatic amines is 1. The Morgan fingerprint density at radius 2 is 2.00 bits per heavy atom. The van der Waals surface area contributed by atoms with Crippen molar-refractivity contribution in [3.63, 3.8) is 0 Å². The maximum atomic E-state index is 5.45. The van der Waals surface area contributed by atoms with Crippen LogP contribution in [0.25, 0.3) is 0 Å². The first kappa shape index (κ1) is 10.8. The summed E-state index contributed by atoms with van der Waals surface area (Å²) in [6.07, 6.45) is 1.52. The quantitative estimate of drug-likeness (QED) is 0.807. The zero-order valence-electron chi connectivity index (χ0n) is 9.40. The van der Waals surface area contributed by atoms with Crippen molar-refractivity contribution in [1.82, 2.24) is 15.2 Å². The predicted molar refractivity (Wildman–Crippen MR) is 63.1 cm³/mol. The molecule has 1 aromatic heterocycles. The van der Waals surface area contributed by atoms with Crippen LogP contribution in [0.2, 0.25) is 0 Å². The molecule has 0 radical (unpaired) electrons. The van der Waals surface area contributed by atoms with E-state index in [1.54, 1.807) is 0 Å². The summed E-state index contributed by atoms with van der Waals surface area (Å²) in [6, 6.07) is 8.43.